The van der Waals surface area contributed by atoms with E-state index in [0.29, 0.717) is 23.4 Å². The molecule has 0 bridgehead atoms. The maximum absolute atomic E-state index is 13.5. The number of nitrogens with one attached hydrogen (secondary N) is 3. The number of nitrogens with zero attached hydrogens (tertiary/aromatic N) is 3. The highest BCUT2D eigenvalue weighted by molar-refractivity contribution is 5.89. The van der Waals surface area contributed by atoms with Crippen LogP contribution in [0, 0.1) is 0 Å². The molecule has 3 heterocycles. The Bertz CT molecular complexity index is 1320. The van der Waals surface area contributed by atoms with Gasteiger partial charge in [-0.25, -0.2) is 9.97 Å². The maximum atomic E-state index is 13.5. The molecule has 1 aliphatic rings. The molecule has 0 unspecified atom stereocenters. The van der Waals surface area contributed by atoms with E-state index in [4.69, 9.17) is 4.74 Å². The van der Waals surface area contributed by atoms with Crippen LogP contribution in [0.1, 0.15) is 37.4 Å². The predicted octanol–water partition coefficient (Wildman–Crippen LogP) is 3.22. The van der Waals surface area contributed by atoms with Gasteiger partial charge in [-0.1, -0.05) is 0 Å². The van der Waals surface area contributed by atoms with Gasteiger partial charge in [0, 0.05) is 32.3 Å². The molecular weight excluding hydrogens is 465 g/mol. The van der Waals surface area contributed by atoms with Crippen molar-refractivity contribution < 1.29 is 22.7 Å². The third-order valence-corrected chi connectivity index (χ3v) is 5.74. The minimum Gasteiger partial charge on any atom is -0.483 e. The third kappa shape index (κ3) is 5.37. The lowest BCUT2D eigenvalue weighted by Crippen LogP contribution is -2.26. The number of pyridine rings is 1. The van der Waals surface area contributed by atoms with Gasteiger partial charge in [0.15, 0.2) is 5.75 Å². The topological polar surface area (TPSA) is 110 Å². The van der Waals surface area contributed by atoms with E-state index in [1.807, 2.05) is 0 Å². The summed E-state index contributed by atoms with van der Waals surface area (Å²) in [6.07, 6.45) is -2.70. The van der Waals surface area contributed by atoms with Gasteiger partial charge >= 0.3 is 6.18 Å². The number of rotatable bonds is 6. The van der Waals surface area contributed by atoms with Gasteiger partial charge in [0.2, 0.25) is 5.91 Å². The number of amides is 1. The molecule has 0 spiro atoms. The molecule has 12 heteroatoms. The zero-order chi connectivity index (χ0) is 25.3. The van der Waals surface area contributed by atoms with Crippen molar-refractivity contribution in [3.8, 4) is 5.75 Å². The van der Waals surface area contributed by atoms with Gasteiger partial charge in [0.1, 0.15) is 23.9 Å². The molecule has 1 aliphatic heterocycles. The van der Waals surface area contributed by atoms with Crippen LogP contribution in [0.5, 0.6) is 5.75 Å². The molecule has 1 fully saturated rings. The van der Waals surface area contributed by atoms with E-state index in [2.05, 4.69) is 25.9 Å². The van der Waals surface area contributed by atoms with Gasteiger partial charge in [-0.15, -0.1) is 0 Å². The van der Waals surface area contributed by atoms with Gasteiger partial charge in [-0.3, -0.25) is 14.2 Å². The molecule has 3 N–H and O–H groups in total. The number of fused-ring (bicyclic) bond motifs is 1. The van der Waals surface area contributed by atoms with Crippen LogP contribution in [0.2, 0.25) is 0 Å². The van der Waals surface area contributed by atoms with Gasteiger partial charge in [-0.2, -0.15) is 13.2 Å². The largest absolute Gasteiger partial charge is 0.483 e. The summed E-state index contributed by atoms with van der Waals surface area (Å²) in [4.78, 5) is 32.7. The molecule has 9 nitrogen and oxygen atoms in total. The fourth-order valence-corrected chi connectivity index (χ4v) is 3.98. The van der Waals surface area contributed by atoms with Gasteiger partial charge in [0.05, 0.1) is 17.0 Å². The van der Waals surface area contributed by atoms with Gasteiger partial charge in [0.25, 0.3) is 5.56 Å². The van der Waals surface area contributed by atoms with Crippen molar-refractivity contribution >= 4 is 28.4 Å². The lowest BCUT2D eigenvalue weighted by Gasteiger charge is -2.20. The number of hydrogen-bond acceptors (Lipinski definition) is 7. The molecule has 2 aromatic heterocycles. The molecule has 0 radical (unpaired) electrons. The Hall–Kier alpha value is -3.67. The Labute approximate surface area is 198 Å². The maximum Gasteiger partial charge on any atom is 0.416 e. The van der Waals surface area contributed by atoms with E-state index >= 15 is 0 Å². The molecule has 35 heavy (non-hydrogen) atoms. The van der Waals surface area contributed by atoms with Crippen molar-refractivity contribution in [3.63, 3.8) is 0 Å². The van der Waals surface area contributed by atoms with E-state index in [0.717, 1.165) is 25.1 Å². The number of aryl methyl sites for hydroxylation is 1. The Morgan fingerprint density at radius 2 is 2.03 bits per heavy atom. The Morgan fingerprint density at radius 3 is 2.69 bits per heavy atom. The summed E-state index contributed by atoms with van der Waals surface area (Å²) in [6, 6.07) is 4.29. The average molecular weight is 490 g/mol. The Kier molecular flexibility index (Phi) is 6.66. The van der Waals surface area contributed by atoms with Gasteiger partial charge < -0.3 is 20.7 Å². The van der Waals surface area contributed by atoms with E-state index in [9.17, 15) is 22.8 Å². The minimum atomic E-state index is -4.59. The van der Waals surface area contributed by atoms with Crippen LogP contribution in [0.3, 0.4) is 0 Å². The number of alkyl halides is 3. The van der Waals surface area contributed by atoms with Crippen LogP contribution in [-0.2, 0) is 18.0 Å². The monoisotopic (exact) mass is 490 g/mol. The molecule has 186 valence electrons. The quantitative estimate of drug-likeness (QED) is 0.487. The number of benzene rings is 1. The lowest BCUT2D eigenvalue weighted by molar-refractivity contribution is -0.137. The summed E-state index contributed by atoms with van der Waals surface area (Å²) in [5.41, 5.74) is -0.567. The molecule has 1 aromatic carbocycles. The van der Waals surface area contributed by atoms with Crippen molar-refractivity contribution in [2.75, 3.05) is 23.7 Å². The molecular formula is C23H25F3N6O3. The highest BCUT2D eigenvalue weighted by atomic mass is 19.4. The molecule has 2 atom stereocenters. The molecule has 1 saturated heterocycles. The van der Waals surface area contributed by atoms with Crippen LogP contribution in [-0.4, -0.2) is 39.6 Å². The van der Waals surface area contributed by atoms with Crippen LogP contribution < -0.4 is 26.2 Å². The van der Waals surface area contributed by atoms with Crippen molar-refractivity contribution in [1.82, 2.24) is 19.9 Å². The summed E-state index contributed by atoms with van der Waals surface area (Å²) in [5, 5.41) is 9.18. The number of hydrogen-bond donors (Lipinski definition) is 3. The first-order valence-electron chi connectivity index (χ1n) is 11.0. The summed E-state index contributed by atoms with van der Waals surface area (Å²) in [5.74, 6) is -0.0132. The van der Waals surface area contributed by atoms with Crippen LogP contribution in [0.4, 0.5) is 24.7 Å². The first kappa shape index (κ1) is 24.5. The van der Waals surface area contributed by atoms with Crippen LogP contribution >= 0.6 is 0 Å². The Morgan fingerprint density at radius 1 is 1.26 bits per heavy atom. The van der Waals surface area contributed by atoms with E-state index in [1.165, 1.54) is 23.9 Å². The highest BCUT2D eigenvalue weighted by Crippen LogP contribution is 2.34. The van der Waals surface area contributed by atoms with Crippen molar-refractivity contribution in [2.24, 2.45) is 7.05 Å². The number of carbonyl (C=O) groups is 1. The number of aromatic nitrogens is 3. The molecule has 3 aromatic rings. The second-order valence-corrected chi connectivity index (χ2v) is 8.45. The van der Waals surface area contributed by atoms with Crippen molar-refractivity contribution in [2.45, 2.75) is 38.6 Å². The molecule has 1 amide bonds. The first-order valence-corrected chi connectivity index (χ1v) is 11.0. The molecule has 0 aliphatic carbocycles. The van der Waals surface area contributed by atoms with Gasteiger partial charge in [-0.05, 0) is 43.7 Å². The highest BCUT2D eigenvalue weighted by Gasteiger charge is 2.32. The Balaban J connectivity index is 1.71. The fraction of sp³-hybridized carbons (Fsp3) is 0.391. The predicted molar refractivity (Wildman–Crippen MR) is 124 cm³/mol. The summed E-state index contributed by atoms with van der Waals surface area (Å²) in [7, 11) is 1.57. The standard InChI is InChI=1S/C23H25F3N6O3/c1-12(14-6-15(23(24,25)26)8-16(7-14)31-13(2)33)30-20-18-9-19(35-17-4-5-27-10-17)22(34)32(3)21(18)29-11-28-20/h6-9,11-12,17,27H,4-5,10H2,1-3H3,(H,31,33)(H,28,29,30)/t12-,17-/m1/s1. The second kappa shape index (κ2) is 9.53. The van der Waals surface area contributed by atoms with Crippen LogP contribution in [0.25, 0.3) is 11.0 Å². The molecule has 4 rings (SSSR count). The van der Waals surface area contributed by atoms with E-state index in [-0.39, 0.29) is 28.7 Å². The third-order valence-electron chi connectivity index (χ3n) is 5.74. The number of anilines is 2. The summed E-state index contributed by atoms with van der Waals surface area (Å²) < 4.78 is 47.7. The zero-order valence-electron chi connectivity index (χ0n) is 19.4. The first-order chi connectivity index (χ1) is 16.5. The lowest BCUT2D eigenvalue weighted by atomic mass is 10.0. The number of ether oxygens (including phenoxy) is 1. The van der Waals surface area contributed by atoms with Crippen LogP contribution in [0.15, 0.2) is 35.4 Å². The SMILES string of the molecule is CC(=O)Nc1cc([C@@H](C)Nc2ncnc3c2cc(O[C@@H]2CCNC2)c(=O)n3C)cc(C(F)(F)F)c1. The summed E-state index contributed by atoms with van der Waals surface area (Å²) >= 11 is 0. The summed E-state index contributed by atoms with van der Waals surface area (Å²) in [6.45, 7) is 4.31. The van der Waals surface area contributed by atoms with E-state index in [1.54, 1.807) is 20.0 Å². The van der Waals surface area contributed by atoms with E-state index < -0.39 is 23.7 Å². The average Bonchev–Trinajstić information content (AvgIpc) is 3.29. The van der Waals surface area contributed by atoms with Crippen molar-refractivity contribution in [3.05, 3.63) is 52.1 Å². The second-order valence-electron chi connectivity index (χ2n) is 8.45. The zero-order valence-corrected chi connectivity index (χ0v) is 19.4. The minimum absolute atomic E-state index is 0.0341. The fourth-order valence-electron chi connectivity index (χ4n) is 3.98. The normalized spacial score (nSPS) is 16.8. The number of halogens is 3. The smallest absolute Gasteiger partial charge is 0.416 e. The number of carbonyl (C=O) groups excluding carboxylic acids is 1. The van der Waals surface area contributed by atoms with Crippen molar-refractivity contribution in [1.29, 1.82) is 0 Å². The molecule has 0 saturated carbocycles.